The number of benzene rings is 2. The van der Waals surface area contributed by atoms with Crippen LogP contribution in [0.15, 0.2) is 48.5 Å². The summed E-state index contributed by atoms with van der Waals surface area (Å²) in [4.78, 5) is 5.21. The molecule has 0 unspecified atom stereocenters. The van der Waals surface area contributed by atoms with Gasteiger partial charge in [0.15, 0.2) is 0 Å². The van der Waals surface area contributed by atoms with E-state index in [-0.39, 0.29) is 0 Å². The lowest BCUT2D eigenvalue weighted by molar-refractivity contribution is 0.371. The van der Waals surface area contributed by atoms with Crippen molar-refractivity contribution in [3.8, 4) is 11.4 Å². The predicted molar refractivity (Wildman–Crippen MR) is 162 cm³/mol. The number of piperidine rings is 1. The molecule has 2 aromatic heterocycles. The summed E-state index contributed by atoms with van der Waals surface area (Å²) in [5, 5.41) is 15.2. The molecule has 1 aliphatic heterocycles. The van der Waals surface area contributed by atoms with E-state index in [2.05, 4.69) is 72.8 Å². The van der Waals surface area contributed by atoms with Crippen molar-refractivity contribution in [3.05, 3.63) is 59.8 Å². The second-order valence-corrected chi connectivity index (χ2v) is 11.6. The second kappa shape index (κ2) is 13.4. The van der Waals surface area contributed by atoms with Gasteiger partial charge in [0.25, 0.3) is 0 Å². The molecule has 3 heterocycles. The number of nitrogens with one attached hydrogen (secondary N) is 2. The molecule has 4 aromatic rings. The quantitative estimate of drug-likeness (QED) is 0.261. The molecule has 0 spiro atoms. The van der Waals surface area contributed by atoms with Gasteiger partial charge in [-0.1, -0.05) is 95.5 Å². The van der Waals surface area contributed by atoms with Crippen LogP contribution in [-0.4, -0.2) is 28.3 Å². The van der Waals surface area contributed by atoms with E-state index in [1.165, 1.54) is 98.0 Å². The highest BCUT2D eigenvalue weighted by molar-refractivity contribution is 5.95. The molecule has 0 amide bonds. The topological polar surface area (TPSA) is 53.6 Å². The molecule has 4 heteroatoms. The van der Waals surface area contributed by atoms with Crippen molar-refractivity contribution in [1.29, 1.82) is 0 Å². The molecule has 202 valence electrons. The summed E-state index contributed by atoms with van der Waals surface area (Å²) in [5.41, 5.74) is 5.65. The number of aromatic amines is 1. The minimum Gasteiger partial charge on any atom is -0.317 e. The number of fused-ring (bicyclic) bond motifs is 2. The lowest BCUT2D eigenvalue weighted by atomic mass is 9.91. The number of nitrogens with zero attached hydrogens (tertiary/aromatic N) is 2. The van der Waals surface area contributed by atoms with Crippen LogP contribution in [0.3, 0.4) is 0 Å². The first-order valence-electron chi connectivity index (χ1n) is 15.3. The lowest BCUT2D eigenvalue weighted by Gasteiger charge is -2.23. The third-order valence-electron chi connectivity index (χ3n) is 8.65. The minimum atomic E-state index is 0.558. The Balaban J connectivity index is 0.000000433. The van der Waals surface area contributed by atoms with Crippen LogP contribution in [-0.2, 0) is 6.42 Å². The molecule has 6 rings (SSSR count). The number of unbranched alkanes of at least 4 members (excludes halogenated alkanes) is 1. The molecule has 1 atom stereocenters. The Labute approximate surface area is 229 Å². The van der Waals surface area contributed by atoms with Gasteiger partial charge < -0.3 is 5.32 Å². The Kier molecular flexibility index (Phi) is 9.46. The van der Waals surface area contributed by atoms with Crippen LogP contribution in [0.5, 0.6) is 0 Å². The lowest BCUT2D eigenvalue weighted by Crippen LogP contribution is -2.28. The Morgan fingerprint density at radius 2 is 1.63 bits per heavy atom. The fraction of sp³-hybridized carbons (Fsp3) is 0.529. The predicted octanol–water partition coefficient (Wildman–Crippen LogP) is 8.95. The molecule has 0 bridgehead atoms. The summed E-state index contributed by atoms with van der Waals surface area (Å²) in [7, 11) is 0. The molecule has 0 radical (unpaired) electrons. The fourth-order valence-electron chi connectivity index (χ4n) is 6.18. The summed E-state index contributed by atoms with van der Waals surface area (Å²) >= 11 is 0. The van der Waals surface area contributed by atoms with Crippen LogP contribution in [0.4, 0.5) is 0 Å². The smallest absolute Gasteiger partial charge is 0.118 e. The number of hydrogen-bond acceptors (Lipinski definition) is 3. The van der Waals surface area contributed by atoms with Gasteiger partial charge in [0.2, 0.25) is 0 Å². The van der Waals surface area contributed by atoms with Crippen LogP contribution in [0, 0.1) is 5.92 Å². The highest BCUT2D eigenvalue weighted by Gasteiger charge is 2.19. The van der Waals surface area contributed by atoms with Crippen molar-refractivity contribution in [2.75, 3.05) is 13.1 Å². The molecule has 2 fully saturated rings. The zero-order valence-electron chi connectivity index (χ0n) is 23.6. The summed E-state index contributed by atoms with van der Waals surface area (Å²) in [6, 6.07) is 17.7. The van der Waals surface area contributed by atoms with Crippen LogP contribution in [0.1, 0.15) is 102 Å². The first-order valence-corrected chi connectivity index (χ1v) is 15.3. The van der Waals surface area contributed by atoms with Gasteiger partial charge in [0.05, 0.1) is 11.2 Å². The van der Waals surface area contributed by atoms with Crippen LogP contribution < -0.4 is 5.32 Å². The number of H-pyrrole nitrogens is 1. The van der Waals surface area contributed by atoms with Crippen LogP contribution in [0.2, 0.25) is 0 Å². The van der Waals surface area contributed by atoms with Crippen molar-refractivity contribution < 1.29 is 0 Å². The molecule has 2 N–H and O–H groups in total. The van der Waals surface area contributed by atoms with Gasteiger partial charge in [0, 0.05) is 16.5 Å². The third-order valence-corrected chi connectivity index (χ3v) is 8.65. The normalized spacial score (nSPS) is 17.3. The van der Waals surface area contributed by atoms with Gasteiger partial charge >= 0.3 is 0 Å². The maximum atomic E-state index is 5.21. The van der Waals surface area contributed by atoms with E-state index in [1.54, 1.807) is 0 Å². The van der Waals surface area contributed by atoms with E-state index in [0.717, 1.165) is 36.4 Å². The standard InChI is InChI=1S/C28H34N4.C6H12/c1-3-4-7-19(2)21-10-11-25-24(17-21)28(32-31-25)27-18-22-8-5-6-9-23(22)26(30-27)16-20-12-14-29-15-13-20;1-2-4-6-5-3-1/h5-6,8-11,17-20,29H,3-4,7,12-16H2,1-2H3,(H,31,32);1-6H2/t19-;/m0./s1. The Hall–Kier alpha value is -2.72. The molecular weight excluding hydrogens is 464 g/mol. The largest absolute Gasteiger partial charge is 0.317 e. The third kappa shape index (κ3) is 6.64. The van der Waals surface area contributed by atoms with Gasteiger partial charge in [-0.3, -0.25) is 10.1 Å². The van der Waals surface area contributed by atoms with Gasteiger partial charge in [-0.2, -0.15) is 5.10 Å². The van der Waals surface area contributed by atoms with Crippen LogP contribution >= 0.6 is 0 Å². The van der Waals surface area contributed by atoms with Gasteiger partial charge in [-0.15, -0.1) is 0 Å². The van der Waals surface area contributed by atoms with Crippen molar-refractivity contribution >= 4 is 21.7 Å². The van der Waals surface area contributed by atoms with Gasteiger partial charge in [0.1, 0.15) is 5.69 Å². The van der Waals surface area contributed by atoms with Crippen molar-refractivity contribution in [3.63, 3.8) is 0 Å². The number of aromatic nitrogens is 3. The summed E-state index contributed by atoms with van der Waals surface area (Å²) in [6.45, 7) is 6.83. The monoisotopic (exact) mass is 510 g/mol. The van der Waals surface area contributed by atoms with Crippen molar-refractivity contribution in [2.24, 2.45) is 5.92 Å². The second-order valence-electron chi connectivity index (χ2n) is 11.6. The Morgan fingerprint density at radius 1 is 0.895 bits per heavy atom. The maximum Gasteiger partial charge on any atom is 0.118 e. The van der Waals surface area contributed by atoms with Crippen molar-refractivity contribution in [2.45, 2.75) is 96.8 Å². The fourth-order valence-corrected chi connectivity index (χ4v) is 6.18. The SMILES string of the molecule is C1CCCCC1.CCCC[C@H](C)c1ccc2[nH]nc(-c3cc4ccccc4c(CC4CCNCC4)n3)c2c1. The molecule has 1 saturated carbocycles. The number of rotatable bonds is 7. The molecule has 2 aliphatic rings. The summed E-state index contributed by atoms with van der Waals surface area (Å²) in [6.07, 6.45) is 16.2. The maximum absolute atomic E-state index is 5.21. The number of pyridine rings is 1. The van der Waals surface area contributed by atoms with E-state index in [9.17, 15) is 0 Å². The first-order chi connectivity index (χ1) is 18.7. The highest BCUT2D eigenvalue weighted by Crippen LogP contribution is 2.33. The minimum absolute atomic E-state index is 0.558. The average Bonchev–Trinajstić information content (AvgIpc) is 3.41. The van der Waals surface area contributed by atoms with E-state index >= 15 is 0 Å². The first kappa shape index (κ1) is 26.9. The Bertz CT molecular complexity index is 1290. The zero-order chi connectivity index (χ0) is 26.2. The Morgan fingerprint density at radius 3 is 2.37 bits per heavy atom. The molecular formula is C34H46N4. The molecule has 38 heavy (non-hydrogen) atoms. The molecule has 4 nitrogen and oxygen atoms in total. The van der Waals surface area contributed by atoms with Crippen molar-refractivity contribution in [1.82, 2.24) is 20.5 Å². The molecule has 1 saturated heterocycles. The van der Waals surface area contributed by atoms with Gasteiger partial charge in [-0.25, -0.2) is 0 Å². The van der Waals surface area contributed by atoms with E-state index in [0.29, 0.717) is 11.8 Å². The average molecular weight is 511 g/mol. The van der Waals surface area contributed by atoms with E-state index in [1.807, 2.05) is 0 Å². The molecule has 2 aromatic carbocycles. The highest BCUT2D eigenvalue weighted by atomic mass is 15.1. The van der Waals surface area contributed by atoms with Gasteiger partial charge in [-0.05, 0) is 79.8 Å². The van der Waals surface area contributed by atoms with E-state index < -0.39 is 0 Å². The van der Waals surface area contributed by atoms with Crippen LogP contribution in [0.25, 0.3) is 33.1 Å². The van der Waals surface area contributed by atoms with E-state index in [4.69, 9.17) is 10.1 Å². The summed E-state index contributed by atoms with van der Waals surface area (Å²) < 4.78 is 0. The summed E-state index contributed by atoms with van der Waals surface area (Å²) in [5.74, 6) is 1.26. The zero-order valence-corrected chi connectivity index (χ0v) is 23.6. The number of hydrogen-bond donors (Lipinski definition) is 2. The molecule has 1 aliphatic carbocycles.